The van der Waals surface area contributed by atoms with Crippen molar-refractivity contribution in [2.75, 3.05) is 18.6 Å². The van der Waals surface area contributed by atoms with E-state index in [4.69, 9.17) is 20.0 Å². The van der Waals surface area contributed by atoms with Crippen molar-refractivity contribution >= 4 is 17.2 Å². The van der Waals surface area contributed by atoms with Gasteiger partial charge in [0.2, 0.25) is 5.71 Å². The van der Waals surface area contributed by atoms with Crippen LogP contribution in [0.1, 0.15) is 30.1 Å². The molecule has 1 aliphatic heterocycles. The number of benzene rings is 1. The van der Waals surface area contributed by atoms with Crippen LogP contribution in [0.4, 0.5) is 5.69 Å². The molecule has 2 rings (SSSR count). The minimum absolute atomic E-state index is 0.0763. The summed E-state index contributed by atoms with van der Waals surface area (Å²) in [5.41, 5.74) is 3.04. The van der Waals surface area contributed by atoms with Crippen LogP contribution >= 0.6 is 0 Å². The van der Waals surface area contributed by atoms with Gasteiger partial charge < -0.3 is 9.47 Å². The smallest absolute Gasteiger partial charge is 0.237 e. The number of hydrazone groups is 1. The number of nitriles is 2. The number of ether oxygens (including phenoxy) is 2. The lowest BCUT2D eigenvalue weighted by molar-refractivity contribution is 0.0981. The standard InChI is InChI=1S/C15H14N4O3/c1-2-3-13(20)11-6-14-15(22-5-4-21-14)7-12(11)19-18-10(8-16)9-17/h6-7,19H,2-5H2,1H3. The van der Waals surface area contributed by atoms with Gasteiger partial charge >= 0.3 is 0 Å². The number of nitrogens with zero attached hydrogens (tertiary/aromatic N) is 3. The number of nitrogens with one attached hydrogen (secondary N) is 1. The van der Waals surface area contributed by atoms with Crippen LogP contribution in [0.2, 0.25) is 0 Å². The minimum Gasteiger partial charge on any atom is -0.486 e. The first-order valence-electron chi connectivity index (χ1n) is 6.80. The van der Waals surface area contributed by atoms with Gasteiger partial charge in [0.1, 0.15) is 25.4 Å². The fraction of sp³-hybridized carbons (Fsp3) is 0.333. The summed E-state index contributed by atoms with van der Waals surface area (Å²) >= 11 is 0. The Bertz CT molecular complexity index is 682. The second kappa shape index (κ2) is 7.09. The second-order valence-corrected chi connectivity index (χ2v) is 4.51. The van der Waals surface area contributed by atoms with Crippen molar-refractivity contribution in [2.45, 2.75) is 19.8 Å². The van der Waals surface area contributed by atoms with Gasteiger partial charge in [0.25, 0.3) is 0 Å². The van der Waals surface area contributed by atoms with Crippen molar-refractivity contribution in [3.05, 3.63) is 17.7 Å². The Morgan fingerprint density at radius 1 is 1.27 bits per heavy atom. The van der Waals surface area contributed by atoms with Gasteiger partial charge in [-0.05, 0) is 12.5 Å². The third-order valence-electron chi connectivity index (χ3n) is 2.96. The van der Waals surface area contributed by atoms with Crippen LogP contribution in [0.25, 0.3) is 0 Å². The Kier molecular flexibility index (Phi) is 4.94. The van der Waals surface area contributed by atoms with E-state index in [-0.39, 0.29) is 11.5 Å². The zero-order valence-corrected chi connectivity index (χ0v) is 12.0. The van der Waals surface area contributed by atoms with E-state index in [9.17, 15) is 4.79 Å². The molecule has 0 saturated carbocycles. The molecule has 0 saturated heterocycles. The molecule has 0 unspecified atom stereocenters. The van der Waals surface area contributed by atoms with Crippen LogP contribution in [0.3, 0.4) is 0 Å². The fourth-order valence-electron chi connectivity index (χ4n) is 1.96. The van der Waals surface area contributed by atoms with Crippen LogP contribution in [0.15, 0.2) is 17.2 Å². The van der Waals surface area contributed by atoms with Crippen molar-refractivity contribution in [3.63, 3.8) is 0 Å². The molecule has 1 N–H and O–H groups in total. The van der Waals surface area contributed by atoms with E-state index in [1.54, 1.807) is 24.3 Å². The Balaban J connectivity index is 2.41. The maximum absolute atomic E-state index is 12.2. The number of carbonyl (C=O) groups excluding carboxylic acids is 1. The number of Topliss-reactive ketones (excluding diaryl/α,β-unsaturated/α-hetero) is 1. The highest BCUT2D eigenvalue weighted by molar-refractivity contribution is 6.10. The largest absolute Gasteiger partial charge is 0.486 e. The van der Waals surface area contributed by atoms with Crippen molar-refractivity contribution in [1.82, 2.24) is 0 Å². The third kappa shape index (κ3) is 3.33. The predicted molar refractivity (Wildman–Crippen MR) is 79.0 cm³/mol. The van der Waals surface area contributed by atoms with Crippen LogP contribution in [0.5, 0.6) is 11.5 Å². The monoisotopic (exact) mass is 298 g/mol. The normalized spacial score (nSPS) is 11.8. The number of anilines is 1. The summed E-state index contributed by atoms with van der Waals surface area (Å²) in [6.45, 7) is 2.75. The lowest BCUT2D eigenvalue weighted by Gasteiger charge is -2.20. The first kappa shape index (κ1) is 15.3. The third-order valence-corrected chi connectivity index (χ3v) is 2.96. The average molecular weight is 298 g/mol. The average Bonchev–Trinajstić information content (AvgIpc) is 2.55. The van der Waals surface area contributed by atoms with E-state index in [1.807, 2.05) is 6.92 Å². The minimum atomic E-state index is -0.330. The number of fused-ring (bicyclic) bond motifs is 1. The number of rotatable bonds is 5. The van der Waals surface area contributed by atoms with E-state index < -0.39 is 0 Å². The van der Waals surface area contributed by atoms with E-state index in [2.05, 4.69) is 10.5 Å². The molecule has 112 valence electrons. The highest BCUT2D eigenvalue weighted by Gasteiger charge is 2.19. The number of hydrogen-bond acceptors (Lipinski definition) is 7. The van der Waals surface area contributed by atoms with Crippen molar-refractivity contribution in [2.24, 2.45) is 5.10 Å². The number of ketones is 1. The second-order valence-electron chi connectivity index (χ2n) is 4.51. The summed E-state index contributed by atoms with van der Waals surface area (Å²) in [7, 11) is 0. The molecule has 0 spiro atoms. The molecule has 0 fully saturated rings. The molecule has 1 aliphatic rings. The zero-order valence-electron chi connectivity index (χ0n) is 12.0. The Morgan fingerprint density at radius 2 is 1.91 bits per heavy atom. The van der Waals surface area contributed by atoms with E-state index >= 15 is 0 Å². The van der Waals surface area contributed by atoms with Gasteiger partial charge in [-0.25, -0.2) is 0 Å². The lowest BCUT2D eigenvalue weighted by Crippen LogP contribution is -2.16. The summed E-state index contributed by atoms with van der Waals surface area (Å²) in [6.07, 6.45) is 1.08. The molecule has 1 aromatic carbocycles. The molecule has 7 nitrogen and oxygen atoms in total. The molecule has 0 aromatic heterocycles. The van der Waals surface area contributed by atoms with Gasteiger partial charge in [-0.15, -0.1) is 0 Å². The first-order chi connectivity index (χ1) is 10.7. The molecule has 1 heterocycles. The highest BCUT2D eigenvalue weighted by atomic mass is 16.6. The van der Waals surface area contributed by atoms with Gasteiger partial charge in [-0.3, -0.25) is 10.2 Å². The summed E-state index contributed by atoms with van der Waals surface area (Å²) in [5.74, 6) is 0.918. The molecule has 0 aliphatic carbocycles. The van der Waals surface area contributed by atoms with Crippen LogP contribution in [0, 0.1) is 22.7 Å². The van der Waals surface area contributed by atoms with Gasteiger partial charge in [0, 0.05) is 18.1 Å². The van der Waals surface area contributed by atoms with E-state index in [0.717, 1.165) is 0 Å². The number of carbonyl (C=O) groups is 1. The van der Waals surface area contributed by atoms with Gasteiger partial charge in [-0.1, -0.05) is 6.92 Å². The molecule has 0 bridgehead atoms. The number of hydrogen-bond donors (Lipinski definition) is 1. The summed E-state index contributed by atoms with van der Waals surface area (Å²) < 4.78 is 10.9. The molecular formula is C15H14N4O3. The Morgan fingerprint density at radius 3 is 2.50 bits per heavy atom. The van der Waals surface area contributed by atoms with Crippen molar-refractivity contribution < 1.29 is 14.3 Å². The Labute approximate surface area is 127 Å². The van der Waals surface area contributed by atoms with Crippen LogP contribution < -0.4 is 14.9 Å². The molecule has 0 radical (unpaired) electrons. The molecule has 0 amide bonds. The van der Waals surface area contributed by atoms with Crippen LogP contribution in [-0.2, 0) is 0 Å². The lowest BCUT2D eigenvalue weighted by atomic mass is 10.0. The summed E-state index contributed by atoms with van der Waals surface area (Å²) in [6, 6.07) is 6.48. The van der Waals surface area contributed by atoms with Crippen molar-refractivity contribution in [3.8, 4) is 23.6 Å². The fourth-order valence-corrected chi connectivity index (χ4v) is 1.96. The molecule has 7 heteroatoms. The van der Waals surface area contributed by atoms with Gasteiger partial charge in [-0.2, -0.15) is 15.6 Å². The van der Waals surface area contributed by atoms with E-state index in [1.165, 1.54) is 0 Å². The molecule has 0 atom stereocenters. The summed E-state index contributed by atoms with van der Waals surface area (Å²) in [5, 5.41) is 21.1. The van der Waals surface area contributed by atoms with E-state index in [0.29, 0.717) is 48.8 Å². The summed E-state index contributed by atoms with van der Waals surface area (Å²) in [4.78, 5) is 12.2. The maximum atomic E-state index is 12.2. The quantitative estimate of drug-likeness (QED) is 0.507. The molecule has 22 heavy (non-hydrogen) atoms. The highest BCUT2D eigenvalue weighted by Crippen LogP contribution is 2.36. The Hall–Kier alpha value is -3.06. The van der Waals surface area contributed by atoms with Crippen LogP contribution in [-0.4, -0.2) is 24.7 Å². The topological polar surface area (TPSA) is 108 Å². The van der Waals surface area contributed by atoms with Crippen molar-refractivity contribution in [1.29, 1.82) is 10.5 Å². The van der Waals surface area contributed by atoms with Gasteiger partial charge in [0.15, 0.2) is 17.3 Å². The maximum Gasteiger partial charge on any atom is 0.237 e. The first-order valence-corrected chi connectivity index (χ1v) is 6.80. The van der Waals surface area contributed by atoms with Gasteiger partial charge in [0.05, 0.1) is 5.69 Å². The molecule has 1 aromatic rings. The molecular weight excluding hydrogens is 284 g/mol. The zero-order chi connectivity index (χ0) is 15.9. The SMILES string of the molecule is CCCC(=O)c1cc2c(cc1NN=C(C#N)C#N)OCCO2. The predicted octanol–water partition coefficient (Wildman–Crippen LogP) is 2.26.